The van der Waals surface area contributed by atoms with Gasteiger partial charge >= 0.3 is 0 Å². The minimum Gasteiger partial charge on any atom is -0.412 e. The van der Waals surface area contributed by atoms with Crippen LogP contribution >= 0.6 is 0 Å². The van der Waals surface area contributed by atoms with Crippen molar-refractivity contribution in [3.63, 3.8) is 0 Å². The highest BCUT2D eigenvalue weighted by atomic mass is 16.1. The Morgan fingerprint density at radius 1 is 0.828 bits per heavy atom. The molecule has 144 valence electrons. The fraction of sp³-hybridized carbons (Fsp3) is 0. The summed E-state index contributed by atoms with van der Waals surface area (Å²) < 4.78 is 1.60. The summed E-state index contributed by atoms with van der Waals surface area (Å²) >= 11 is 0. The van der Waals surface area contributed by atoms with Gasteiger partial charge in [-0.3, -0.25) is 14.3 Å². The highest BCUT2D eigenvalue weighted by Crippen LogP contribution is 2.26. The second kappa shape index (κ2) is 9.24. The van der Waals surface area contributed by atoms with Crippen LogP contribution in [0, 0.1) is 11.3 Å². The number of rotatable bonds is 3. The van der Waals surface area contributed by atoms with Crippen molar-refractivity contribution in [3.05, 3.63) is 107 Å². The van der Waals surface area contributed by atoms with Crippen molar-refractivity contribution in [2.45, 2.75) is 0 Å². The normalized spacial score (nSPS) is 9.62. The Kier molecular flexibility index (Phi) is 6.77. The number of pyridine rings is 2. The predicted molar refractivity (Wildman–Crippen MR) is 113 cm³/mol. The molecule has 0 radical (unpaired) electrons. The molecular weight excluding hydrogens is 366 g/mol. The van der Waals surface area contributed by atoms with Crippen LogP contribution in [0.25, 0.3) is 28.1 Å². The Balaban J connectivity index is 0.00000150. The van der Waals surface area contributed by atoms with Crippen LogP contribution in [0.5, 0.6) is 0 Å². The third-order valence-electron chi connectivity index (χ3n) is 4.35. The van der Waals surface area contributed by atoms with Gasteiger partial charge in [-0.1, -0.05) is 42.5 Å². The van der Waals surface area contributed by atoms with Gasteiger partial charge in [0, 0.05) is 34.8 Å². The average Bonchev–Trinajstić information content (AvgIpc) is 2.75. The molecule has 29 heavy (non-hydrogen) atoms. The number of hydrogen-bond acceptors (Lipinski definition) is 3. The molecule has 0 unspecified atom stereocenters. The molecule has 4 N–H and O–H groups in total. The summed E-state index contributed by atoms with van der Waals surface area (Å²) in [5, 5.41) is 9.47. The molecule has 0 fully saturated rings. The number of para-hydroxylation sites is 1. The molecular formula is C23H19N3O3. The van der Waals surface area contributed by atoms with Gasteiger partial charge in [-0.25, -0.2) is 0 Å². The molecule has 0 bridgehead atoms. The van der Waals surface area contributed by atoms with E-state index in [9.17, 15) is 10.1 Å². The van der Waals surface area contributed by atoms with Gasteiger partial charge in [-0.05, 0) is 36.4 Å². The number of nitriles is 1. The van der Waals surface area contributed by atoms with Gasteiger partial charge in [-0.15, -0.1) is 0 Å². The molecule has 0 aliphatic heterocycles. The van der Waals surface area contributed by atoms with Crippen molar-refractivity contribution in [1.82, 2.24) is 9.55 Å². The summed E-state index contributed by atoms with van der Waals surface area (Å²) in [5.41, 5.74) is 3.71. The van der Waals surface area contributed by atoms with Crippen LogP contribution in [0.3, 0.4) is 0 Å². The van der Waals surface area contributed by atoms with Crippen LogP contribution in [0.2, 0.25) is 0 Å². The molecule has 6 nitrogen and oxygen atoms in total. The summed E-state index contributed by atoms with van der Waals surface area (Å²) in [6.07, 6.45) is 3.51. The van der Waals surface area contributed by atoms with Crippen molar-refractivity contribution in [2.24, 2.45) is 0 Å². The minimum absolute atomic E-state index is 0. The van der Waals surface area contributed by atoms with Gasteiger partial charge in [-0.2, -0.15) is 5.26 Å². The van der Waals surface area contributed by atoms with Crippen LogP contribution in [-0.4, -0.2) is 20.5 Å². The molecule has 0 saturated carbocycles. The second-order valence-electron chi connectivity index (χ2n) is 6.03. The van der Waals surface area contributed by atoms with Crippen LogP contribution in [0.4, 0.5) is 0 Å². The maximum absolute atomic E-state index is 13.3. The Labute approximate surface area is 167 Å². The molecule has 0 atom stereocenters. The Morgan fingerprint density at radius 3 is 2.21 bits per heavy atom. The zero-order valence-corrected chi connectivity index (χ0v) is 15.4. The molecule has 4 aromatic rings. The van der Waals surface area contributed by atoms with Gasteiger partial charge < -0.3 is 11.0 Å². The van der Waals surface area contributed by atoms with Crippen LogP contribution < -0.4 is 5.56 Å². The minimum atomic E-state index is -0.177. The molecule has 4 rings (SSSR count). The highest BCUT2D eigenvalue weighted by Gasteiger charge is 2.14. The van der Waals surface area contributed by atoms with E-state index in [1.54, 1.807) is 41.2 Å². The fourth-order valence-electron chi connectivity index (χ4n) is 3.04. The third-order valence-corrected chi connectivity index (χ3v) is 4.35. The molecule has 2 aromatic heterocycles. The van der Waals surface area contributed by atoms with Crippen LogP contribution in [0.1, 0.15) is 5.56 Å². The molecule has 6 heteroatoms. The lowest BCUT2D eigenvalue weighted by Gasteiger charge is -2.13. The fourth-order valence-corrected chi connectivity index (χ4v) is 3.04. The van der Waals surface area contributed by atoms with E-state index in [1.807, 2.05) is 54.6 Å². The van der Waals surface area contributed by atoms with Crippen molar-refractivity contribution < 1.29 is 11.0 Å². The predicted octanol–water partition coefficient (Wildman–Crippen LogP) is 2.79. The Morgan fingerprint density at radius 2 is 1.52 bits per heavy atom. The summed E-state index contributed by atoms with van der Waals surface area (Å²) in [6, 6.07) is 26.2. The van der Waals surface area contributed by atoms with Crippen LogP contribution in [-0.2, 0) is 0 Å². The highest BCUT2D eigenvalue weighted by molar-refractivity contribution is 5.74. The molecule has 2 heterocycles. The van der Waals surface area contributed by atoms with E-state index in [1.165, 1.54) is 0 Å². The maximum Gasteiger partial charge on any atom is 0.263 e. The Bertz CT molecular complexity index is 1200. The second-order valence-corrected chi connectivity index (χ2v) is 6.03. The summed E-state index contributed by atoms with van der Waals surface area (Å²) in [6.45, 7) is 0. The lowest BCUT2D eigenvalue weighted by Crippen LogP contribution is -2.20. The first-order valence-electron chi connectivity index (χ1n) is 8.51. The van der Waals surface area contributed by atoms with E-state index in [-0.39, 0.29) is 16.5 Å². The SMILES string of the molecule is N#Cc1ccccc1-c1cc(-c2ccccn2)cn(-c2ccccc2)c1=O.O.O. The van der Waals surface area contributed by atoms with Crippen molar-refractivity contribution in [2.75, 3.05) is 0 Å². The molecule has 0 spiro atoms. The molecule has 2 aromatic carbocycles. The monoisotopic (exact) mass is 385 g/mol. The average molecular weight is 385 g/mol. The van der Waals surface area contributed by atoms with Gasteiger partial charge in [0.25, 0.3) is 5.56 Å². The lowest BCUT2D eigenvalue weighted by molar-refractivity contribution is 0.823. The topological polar surface area (TPSA) is 122 Å². The van der Waals surface area contributed by atoms with Crippen molar-refractivity contribution in [3.8, 4) is 34.1 Å². The first kappa shape index (κ1) is 21.3. The van der Waals surface area contributed by atoms with E-state index in [2.05, 4.69) is 11.1 Å². The van der Waals surface area contributed by atoms with E-state index in [0.717, 1.165) is 16.9 Å². The number of hydrogen-bond donors (Lipinski definition) is 0. The smallest absolute Gasteiger partial charge is 0.263 e. The molecule has 0 aliphatic rings. The quantitative estimate of drug-likeness (QED) is 0.539. The van der Waals surface area contributed by atoms with E-state index < -0.39 is 0 Å². The third kappa shape index (κ3) is 4.12. The van der Waals surface area contributed by atoms with Gasteiger partial charge in [0.15, 0.2) is 0 Å². The first-order chi connectivity index (χ1) is 13.3. The number of benzene rings is 2. The van der Waals surface area contributed by atoms with Gasteiger partial charge in [0.05, 0.1) is 17.3 Å². The van der Waals surface area contributed by atoms with E-state index in [4.69, 9.17) is 0 Å². The van der Waals surface area contributed by atoms with Gasteiger partial charge in [0.1, 0.15) is 0 Å². The summed E-state index contributed by atoms with van der Waals surface area (Å²) in [5.74, 6) is 0. The summed E-state index contributed by atoms with van der Waals surface area (Å²) in [7, 11) is 0. The summed E-state index contributed by atoms with van der Waals surface area (Å²) in [4.78, 5) is 17.7. The molecule has 0 amide bonds. The zero-order valence-electron chi connectivity index (χ0n) is 15.4. The molecule has 0 aliphatic carbocycles. The maximum atomic E-state index is 13.3. The van der Waals surface area contributed by atoms with Gasteiger partial charge in [0.2, 0.25) is 0 Å². The van der Waals surface area contributed by atoms with Crippen LogP contribution in [0.15, 0.2) is 96.1 Å². The van der Waals surface area contributed by atoms with E-state index in [0.29, 0.717) is 16.7 Å². The molecule has 0 saturated heterocycles. The number of aromatic nitrogens is 2. The largest absolute Gasteiger partial charge is 0.412 e. The van der Waals surface area contributed by atoms with Crippen molar-refractivity contribution in [1.29, 1.82) is 5.26 Å². The zero-order chi connectivity index (χ0) is 18.6. The standard InChI is InChI=1S/C23H15N3O.2H2O/c24-15-17-8-4-5-11-20(17)21-14-18(22-12-6-7-13-25-22)16-26(23(21)27)19-9-2-1-3-10-19;;/h1-14,16H;2*1H2. The first-order valence-corrected chi connectivity index (χ1v) is 8.51. The van der Waals surface area contributed by atoms with E-state index >= 15 is 0 Å². The lowest BCUT2D eigenvalue weighted by atomic mass is 9.99. The number of nitrogens with zero attached hydrogens (tertiary/aromatic N) is 3. The Hall–Kier alpha value is -4.05. The van der Waals surface area contributed by atoms with Crippen molar-refractivity contribution >= 4 is 0 Å².